The summed E-state index contributed by atoms with van der Waals surface area (Å²) < 4.78 is 6.55. The minimum absolute atomic E-state index is 0.181. The highest BCUT2D eigenvalue weighted by Gasteiger charge is 2.34. The Balaban J connectivity index is 1.04. The van der Waals surface area contributed by atoms with Crippen LogP contribution in [0.3, 0.4) is 0 Å². The van der Waals surface area contributed by atoms with Gasteiger partial charge in [-0.3, -0.25) is 0 Å². The molecule has 7 nitrogen and oxygen atoms in total. The lowest BCUT2D eigenvalue weighted by molar-refractivity contribution is 0.241. The van der Waals surface area contributed by atoms with Crippen molar-refractivity contribution in [3.63, 3.8) is 0 Å². The lowest BCUT2D eigenvalue weighted by Crippen LogP contribution is -2.43. The number of fused-ring (bicyclic) bond motifs is 11. The molecular weight excluding hydrogens is 592 g/mol. The van der Waals surface area contributed by atoms with E-state index in [1.807, 2.05) is 0 Å². The van der Waals surface area contributed by atoms with Crippen molar-refractivity contribution in [1.29, 1.82) is 0 Å². The highest BCUT2D eigenvalue weighted by atomic mass is 16.3. The quantitative estimate of drug-likeness (QED) is 0.196. The maximum Gasteiger partial charge on any atom is 0.159 e. The van der Waals surface area contributed by atoms with E-state index >= 15 is 0 Å². The monoisotopic (exact) mass is 634 g/mol. The van der Waals surface area contributed by atoms with Gasteiger partial charge < -0.3 is 33.8 Å². The Morgan fingerprint density at radius 1 is 0.667 bits per heavy atom. The molecule has 2 unspecified atom stereocenters. The van der Waals surface area contributed by atoms with Gasteiger partial charge in [0.1, 0.15) is 17.9 Å². The number of anilines is 3. The highest BCUT2D eigenvalue weighted by molar-refractivity contribution is 6.09. The van der Waals surface area contributed by atoms with Gasteiger partial charge in [0, 0.05) is 85.9 Å². The van der Waals surface area contributed by atoms with Crippen molar-refractivity contribution in [3.8, 4) is 0 Å². The summed E-state index contributed by atoms with van der Waals surface area (Å²) in [6, 6.07) is 30.7. The first-order valence-electron chi connectivity index (χ1n) is 17.3. The summed E-state index contributed by atoms with van der Waals surface area (Å²) in [7, 11) is 2.20. The molecule has 2 atom stereocenters. The number of para-hydroxylation sites is 3. The molecule has 5 aromatic rings. The van der Waals surface area contributed by atoms with E-state index in [-0.39, 0.29) is 12.3 Å². The van der Waals surface area contributed by atoms with Gasteiger partial charge in [0.05, 0.1) is 12.4 Å². The molecule has 4 aliphatic rings. The van der Waals surface area contributed by atoms with E-state index in [4.69, 9.17) is 4.42 Å². The summed E-state index contributed by atoms with van der Waals surface area (Å²) in [5, 5.41) is 2.34. The molecule has 7 heteroatoms. The Morgan fingerprint density at radius 3 is 2.31 bits per heavy atom. The summed E-state index contributed by atoms with van der Waals surface area (Å²) >= 11 is 0. The average Bonchev–Trinajstić information content (AvgIpc) is 3.90. The minimum Gasteiger partial charge on any atom is -0.454 e. The maximum atomic E-state index is 6.55. The molecule has 4 aliphatic heterocycles. The van der Waals surface area contributed by atoms with Crippen molar-refractivity contribution in [2.24, 2.45) is 0 Å². The molecule has 0 aliphatic carbocycles. The van der Waals surface area contributed by atoms with E-state index in [0.29, 0.717) is 0 Å². The fourth-order valence-corrected chi connectivity index (χ4v) is 8.20. The van der Waals surface area contributed by atoms with Gasteiger partial charge in [-0.05, 0) is 61.1 Å². The van der Waals surface area contributed by atoms with E-state index in [0.717, 1.165) is 56.6 Å². The first-order chi connectivity index (χ1) is 23.6. The normalized spacial score (nSPS) is 20.4. The van der Waals surface area contributed by atoms with Crippen molar-refractivity contribution in [3.05, 3.63) is 139 Å². The summed E-state index contributed by atoms with van der Waals surface area (Å²) in [6.07, 6.45) is 18.0. The standard InChI is InChI=1S/C41H42N6O/c1-30-16-17-34-33-12-5-8-15-37(33)48-41(34)40(30)47-26-22-42(2)38(47)18-19-39-44-21-9-20-43-23-24-45(29-43)35-13-6-3-10-31(35)28-32-11-4-7-14-36(32)46(39)27-25-44/h3-8,10-17,22-27,38-39H,9,18-21,28-29H2,1-2H3. The molecule has 1 aromatic heterocycles. The van der Waals surface area contributed by atoms with Crippen LogP contribution in [0, 0.1) is 6.92 Å². The maximum absolute atomic E-state index is 6.55. The molecule has 5 heterocycles. The smallest absolute Gasteiger partial charge is 0.159 e. The second-order valence-electron chi connectivity index (χ2n) is 13.6. The Kier molecular flexibility index (Phi) is 7.07. The predicted octanol–water partition coefficient (Wildman–Crippen LogP) is 8.39. The minimum atomic E-state index is 0.181. The summed E-state index contributed by atoms with van der Waals surface area (Å²) in [4.78, 5) is 14.8. The Labute approximate surface area is 282 Å². The first-order valence-corrected chi connectivity index (χ1v) is 17.3. The fourth-order valence-electron chi connectivity index (χ4n) is 8.20. The van der Waals surface area contributed by atoms with Crippen LogP contribution < -0.4 is 14.7 Å². The first kappa shape index (κ1) is 28.9. The molecule has 0 fully saturated rings. The van der Waals surface area contributed by atoms with E-state index in [1.165, 1.54) is 44.5 Å². The Morgan fingerprint density at radius 2 is 1.42 bits per heavy atom. The number of hydrogen-bond donors (Lipinski definition) is 0. The molecule has 0 saturated carbocycles. The van der Waals surface area contributed by atoms with Crippen molar-refractivity contribution >= 4 is 39.0 Å². The van der Waals surface area contributed by atoms with Crippen LogP contribution in [-0.4, -0.2) is 53.8 Å². The zero-order chi connectivity index (χ0) is 32.2. The zero-order valence-corrected chi connectivity index (χ0v) is 27.7. The molecule has 0 spiro atoms. The number of benzene rings is 4. The van der Waals surface area contributed by atoms with Gasteiger partial charge in [-0.2, -0.15) is 0 Å². The van der Waals surface area contributed by atoms with Crippen molar-refractivity contribution in [1.82, 2.24) is 14.7 Å². The summed E-state index contributed by atoms with van der Waals surface area (Å²) in [5.74, 6) is 0. The van der Waals surface area contributed by atoms with Crippen molar-refractivity contribution in [2.75, 3.05) is 41.5 Å². The topological polar surface area (TPSA) is 32.6 Å². The molecule has 0 saturated heterocycles. The molecule has 242 valence electrons. The third-order valence-corrected chi connectivity index (χ3v) is 10.6. The molecule has 0 amide bonds. The second kappa shape index (κ2) is 11.7. The zero-order valence-electron chi connectivity index (χ0n) is 27.7. The molecule has 9 rings (SSSR count). The number of nitrogens with zero attached hydrogens (tertiary/aromatic N) is 6. The SMILES string of the molecule is Cc1ccc2c(oc3ccccc32)c1N1C=CN(C)C1CCC1N2C=CN1c1ccccc1Cc1ccccc1N1C=CN(CCC2)C1. The molecular formula is C41H42N6O. The van der Waals surface area contributed by atoms with Gasteiger partial charge in [0.15, 0.2) is 5.58 Å². The number of hydrogen-bond acceptors (Lipinski definition) is 7. The second-order valence-corrected chi connectivity index (χ2v) is 13.6. The third kappa shape index (κ3) is 4.88. The van der Waals surface area contributed by atoms with Crippen LogP contribution >= 0.6 is 0 Å². The van der Waals surface area contributed by atoms with E-state index in [1.54, 1.807) is 0 Å². The van der Waals surface area contributed by atoms with Crippen LogP contribution in [0.25, 0.3) is 21.9 Å². The van der Waals surface area contributed by atoms with Gasteiger partial charge in [-0.25, -0.2) is 0 Å². The Hall–Kier alpha value is -5.30. The van der Waals surface area contributed by atoms with Crippen LogP contribution in [0.15, 0.2) is 127 Å². The molecule has 4 bridgehead atoms. The van der Waals surface area contributed by atoms with E-state index in [9.17, 15) is 0 Å². The van der Waals surface area contributed by atoms with Crippen LogP contribution in [0.4, 0.5) is 17.1 Å². The Bertz CT molecular complexity index is 2080. The molecule has 0 radical (unpaired) electrons. The van der Waals surface area contributed by atoms with Crippen LogP contribution in [0.2, 0.25) is 0 Å². The van der Waals surface area contributed by atoms with Crippen LogP contribution in [-0.2, 0) is 6.42 Å². The predicted molar refractivity (Wildman–Crippen MR) is 196 cm³/mol. The van der Waals surface area contributed by atoms with Gasteiger partial charge in [0.25, 0.3) is 0 Å². The number of aryl methyl sites for hydroxylation is 1. The molecule has 0 N–H and O–H groups in total. The van der Waals surface area contributed by atoms with Crippen molar-refractivity contribution < 1.29 is 4.42 Å². The highest BCUT2D eigenvalue weighted by Crippen LogP contribution is 2.41. The summed E-state index contributed by atoms with van der Waals surface area (Å²) in [5.41, 5.74) is 9.60. The van der Waals surface area contributed by atoms with Gasteiger partial charge >= 0.3 is 0 Å². The molecule has 48 heavy (non-hydrogen) atoms. The lowest BCUT2D eigenvalue weighted by atomic mass is 10.00. The fraction of sp³-hybridized carbons (Fsp3) is 0.268. The molecule has 4 aromatic carbocycles. The number of furan rings is 1. The average molecular weight is 635 g/mol. The van der Waals surface area contributed by atoms with Gasteiger partial charge in [0.2, 0.25) is 0 Å². The van der Waals surface area contributed by atoms with E-state index in [2.05, 4.69) is 165 Å². The largest absolute Gasteiger partial charge is 0.454 e. The van der Waals surface area contributed by atoms with Crippen LogP contribution in [0.1, 0.15) is 36.0 Å². The van der Waals surface area contributed by atoms with Crippen LogP contribution in [0.5, 0.6) is 0 Å². The lowest BCUT2D eigenvalue weighted by Gasteiger charge is -2.37. The van der Waals surface area contributed by atoms with E-state index < -0.39 is 0 Å². The van der Waals surface area contributed by atoms with Gasteiger partial charge in [-0.1, -0.05) is 66.7 Å². The number of rotatable bonds is 4. The van der Waals surface area contributed by atoms with Gasteiger partial charge in [-0.15, -0.1) is 0 Å². The van der Waals surface area contributed by atoms with Crippen molar-refractivity contribution in [2.45, 2.75) is 44.9 Å². The third-order valence-electron chi connectivity index (χ3n) is 10.6. The summed E-state index contributed by atoms with van der Waals surface area (Å²) in [6.45, 7) is 5.15.